The lowest BCUT2D eigenvalue weighted by Gasteiger charge is -2.11. The van der Waals surface area contributed by atoms with Crippen molar-refractivity contribution in [3.05, 3.63) is 58.6 Å². The number of benzene rings is 2. The lowest BCUT2D eigenvalue weighted by Crippen LogP contribution is -2.00. The minimum atomic E-state index is -0.00184. The zero-order valence-electron chi connectivity index (χ0n) is 10.2. The Hall–Kier alpha value is -1.99. The summed E-state index contributed by atoms with van der Waals surface area (Å²) in [5.41, 5.74) is 1.08. The maximum atomic E-state index is 8.57. The topological polar surface area (TPSA) is 42.2 Å². The van der Waals surface area contributed by atoms with Gasteiger partial charge in [-0.2, -0.15) is 5.26 Å². The second-order valence-corrected chi connectivity index (χ2v) is 4.73. The maximum Gasteiger partial charge on any atom is 0.174 e. The molecule has 0 aromatic heterocycles. The lowest BCUT2D eigenvalue weighted by molar-refractivity contribution is 0.276. The van der Waals surface area contributed by atoms with Gasteiger partial charge in [0.15, 0.2) is 18.1 Å². The number of halogens is 1. The first-order chi connectivity index (χ1) is 9.29. The summed E-state index contributed by atoms with van der Waals surface area (Å²) in [7, 11) is 0. The molecule has 0 spiro atoms. The summed E-state index contributed by atoms with van der Waals surface area (Å²) in [5.74, 6) is 1.19. The Balaban J connectivity index is 2.09. The van der Waals surface area contributed by atoms with Crippen molar-refractivity contribution in [1.82, 2.24) is 0 Å². The van der Waals surface area contributed by atoms with E-state index in [0.717, 1.165) is 10.0 Å². The molecule has 0 fully saturated rings. The summed E-state index contributed by atoms with van der Waals surface area (Å²) in [6, 6.07) is 17.3. The molecule has 19 heavy (non-hydrogen) atoms. The van der Waals surface area contributed by atoms with Gasteiger partial charge in [0.2, 0.25) is 0 Å². The Labute approximate surface area is 120 Å². The molecule has 0 unspecified atom stereocenters. The molecule has 4 heteroatoms. The molecule has 0 amide bonds. The molecule has 2 rings (SSSR count). The van der Waals surface area contributed by atoms with Gasteiger partial charge in [0, 0.05) is 4.47 Å². The van der Waals surface area contributed by atoms with Crippen LogP contribution in [0.5, 0.6) is 11.5 Å². The minimum absolute atomic E-state index is 0.00184. The monoisotopic (exact) mass is 317 g/mol. The van der Waals surface area contributed by atoms with E-state index in [-0.39, 0.29) is 6.61 Å². The van der Waals surface area contributed by atoms with Crippen LogP contribution in [-0.4, -0.2) is 6.61 Å². The summed E-state index contributed by atoms with van der Waals surface area (Å²) in [4.78, 5) is 0. The van der Waals surface area contributed by atoms with E-state index in [4.69, 9.17) is 14.7 Å². The van der Waals surface area contributed by atoms with Crippen molar-refractivity contribution in [2.45, 2.75) is 6.61 Å². The number of nitriles is 1. The van der Waals surface area contributed by atoms with Crippen molar-refractivity contribution in [3.8, 4) is 17.6 Å². The zero-order valence-corrected chi connectivity index (χ0v) is 11.8. The second-order valence-electron chi connectivity index (χ2n) is 3.81. The molecular formula is C15H12BrNO2. The van der Waals surface area contributed by atoms with Crippen LogP contribution in [0.3, 0.4) is 0 Å². The molecule has 0 bridgehead atoms. The van der Waals surface area contributed by atoms with Crippen LogP contribution >= 0.6 is 15.9 Å². The van der Waals surface area contributed by atoms with Crippen molar-refractivity contribution < 1.29 is 9.47 Å². The second kappa shape index (κ2) is 6.81. The van der Waals surface area contributed by atoms with Crippen LogP contribution in [0.1, 0.15) is 5.56 Å². The largest absolute Gasteiger partial charge is 0.485 e. The molecule has 0 radical (unpaired) electrons. The van der Waals surface area contributed by atoms with Gasteiger partial charge in [-0.25, -0.2) is 0 Å². The molecule has 0 heterocycles. The average molecular weight is 318 g/mol. The Kier molecular flexibility index (Phi) is 4.82. The van der Waals surface area contributed by atoms with Gasteiger partial charge in [-0.15, -0.1) is 0 Å². The van der Waals surface area contributed by atoms with Gasteiger partial charge in [-0.1, -0.05) is 46.3 Å². The van der Waals surface area contributed by atoms with Gasteiger partial charge in [-0.3, -0.25) is 0 Å². The van der Waals surface area contributed by atoms with E-state index < -0.39 is 0 Å². The predicted molar refractivity (Wildman–Crippen MR) is 76.0 cm³/mol. The van der Waals surface area contributed by atoms with E-state index >= 15 is 0 Å². The zero-order chi connectivity index (χ0) is 13.5. The van der Waals surface area contributed by atoms with Gasteiger partial charge < -0.3 is 9.47 Å². The molecule has 0 saturated heterocycles. The van der Waals surface area contributed by atoms with E-state index in [1.54, 1.807) is 6.07 Å². The number of hydrogen-bond acceptors (Lipinski definition) is 3. The van der Waals surface area contributed by atoms with Gasteiger partial charge in [0.25, 0.3) is 0 Å². The number of rotatable bonds is 5. The first-order valence-electron chi connectivity index (χ1n) is 5.75. The Morgan fingerprint density at radius 1 is 1.00 bits per heavy atom. The van der Waals surface area contributed by atoms with Crippen LogP contribution in [0.4, 0.5) is 0 Å². The summed E-state index contributed by atoms with van der Waals surface area (Å²) in [5, 5.41) is 8.57. The highest BCUT2D eigenvalue weighted by Crippen LogP contribution is 2.31. The van der Waals surface area contributed by atoms with Crippen LogP contribution in [0.15, 0.2) is 53.0 Å². The van der Waals surface area contributed by atoms with E-state index in [1.165, 1.54) is 0 Å². The molecule has 2 aromatic rings. The fourth-order valence-electron chi connectivity index (χ4n) is 1.56. The van der Waals surface area contributed by atoms with Crippen molar-refractivity contribution >= 4 is 15.9 Å². The molecule has 3 nitrogen and oxygen atoms in total. The normalized spacial score (nSPS) is 9.68. The molecule has 0 atom stereocenters. The standard InChI is InChI=1S/C15H12BrNO2/c16-13-6-7-14(15(10-13)18-9-8-17)19-11-12-4-2-1-3-5-12/h1-7,10H,9,11H2. The van der Waals surface area contributed by atoms with E-state index in [2.05, 4.69) is 15.9 Å². The number of nitrogens with zero attached hydrogens (tertiary/aromatic N) is 1. The Morgan fingerprint density at radius 3 is 2.53 bits per heavy atom. The van der Waals surface area contributed by atoms with Crippen LogP contribution in [0.2, 0.25) is 0 Å². The third kappa shape index (κ3) is 4.01. The fourth-order valence-corrected chi connectivity index (χ4v) is 1.90. The lowest BCUT2D eigenvalue weighted by atomic mass is 10.2. The van der Waals surface area contributed by atoms with E-state index in [0.29, 0.717) is 18.1 Å². The maximum absolute atomic E-state index is 8.57. The van der Waals surface area contributed by atoms with Crippen LogP contribution in [0, 0.1) is 11.3 Å². The smallest absolute Gasteiger partial charge is 0.174 e. The van der Waals surface area contributed by atoms with Gasteiger partial charge in [0.1, 0.15) is 12.7 Å². The van der Waals surface area contributed by atoms with Crippen LogP contribution in [0.25, 0.3) is 0 Å². The average Bonchev–Trinajstić information content (AvgIpc) is 2.45. The summed E-state index contributed by atoms with van der Waals surface area (Å²) >= 11 is 3.37. The summed E-state index contributed by atoms with van der Waals surface area (Å²) < 4.78 is 11.9. The quantitative estimate of drug-likeness (QED) is 0.839. The first-order valence-corrected chi connectivity index (χ1v) is 6.55. The van der Waals surface area contributed by atoms with Crippen LogP contribution < -0.4 is 9.47 Å². The molecule has 0 saturated carbocycles. The minimum Gasteiger partial charge on any atom is -0.485 e. The highest BCUT2D eigenvalue weighted by atomic mass is 79.9. The van der Waals surface area contributed by atoms with Crippen LogP contribution in [-0.2, 0) is 6.61 Å². The molecule has 0 N–H and O–H groups in total. The predicted octanol–water partition coefficient (Wildman–Crippen LogP) is 3.93. The van der Waals surface area contributed by atoms with E-state index in [1.807, 2.05) is 48.5 Å². The van der Waals surface area contributed by atoms with E-state index in [9.17, 15) is 0 Å². The van der Waals surface area contributed by atoms with Crippen molar-refractivity contribution in [3.63, 3.8) is 0 Å². The third-order valence-corrected chi connectivity index (χ3v) is 2.93. The summed E-state index contributed by atoms with van der Waals surface area (Å²) in [6.45, 7) is 0.462. The summed E-state index contributed by atoms with van der Waals surface area (Å²) in [6.07, 6.45) is 0. The molecule has 2 aromatic carbocycles. The number of hydrogen-bond donors (Lipinski definition) is 0. The molecule has 0 aliphatic rings. The SMILES string of the molecule is N#CCOc1cc(Br)ccc1OCc1ccccc1. The molecular weight excluding hydrogens is 306 g/mol. The molecule has 0 aliphatic carbocycles. The van der Waals surface area contributed by atoms with Gasteiger partial charge >= 0.3 is 0 Å². The van der Waals surface area contributed by atoms with Crippen molar-refractivity contribution in [2.24, 2.45) is 0 Å². The van der Waals surface area contributed by atoms with Crippen molar-refractivity contribution in [1.29, 1.82) is 5.26 Å². The van der Waals surface area contributed by atoms with Gasteiger partial charge in [0.05, 0.1) is 0 Å². The Bertz CT molecular complexity index is 578. The highest BCUT2D eigenvalue weighted by molar-refractivity contribution is 9.10. The highest BCUT2D eigenvalue weighted by Gasteiger charge is 2.06. The number of ether oxygens (including phenoxy) is 2. The Morgan fingerprint density at radius 2 is 1.79 bits per heavy atom. The molecule has 0 aliphatic heterocycles. The third-order valence-electron chi connectivity index (χ3n) is 2.44. The first kappa shape index (κ1) is 13.4. The molecule has 96 valence electrons. The fraction of sp³-hybridized carbons (Fsp3) is 0.133. The van der Waals surface area contributed by atoms with Gasteiger partial charge in [-0.05, 0) is 23.8 Å². The van der Waals surface area contributed by atoms with Crippen molar-refractivity contribution in [2.75, 3.05) is 6.61 Å².